The molecule has 6 rings (SSSR count). The molecular formula is C27H24BN3. The highest BCUT2D eigenvalue weighted by Crippen LogP contribution is 2.50. The molecule has 3 nitrogen and oxygen atoms in total. The number of para-hydroxylation sites is 3. The number of anilines is 4. The summed E-state index contributed by atoms with van der Waals surface area (Å²) in [6, 6.07) is 30.6. The van der Waals surface area contributed by atoms with Crippen LogP contribution in [0.2, 0.25) is 0 Å². The van der Waals surface area contributed by atoms with E-state index in [0.29, 0.717) is 0 Å². The molecule has 2 aliphatic heterocycles. The fourth-order valence-corrected chi connectivity index (χ4v) is 4.93. The second kappa shape index (κ2) is 6.48. The predicted molar refractivity (Wildman–Crippen MR) is 131 cm³/mol. The van der Waals surface area contributed by atoms with Gasteiger partial charge in [0.05, 0.1) is 11.4 Å². The van der Waals surface area contributed by atoms with E-state index in [-0.39, 0.29) is 12.4 Å². The van der Waals surface area contributed by atoms with Gasteiger partial charge in [-0.15, -0.1) is 0 Å². The van der Waals surface area contributed by atoms with Gasteiger partial charge in [0, 0.05) is 17.4 Å². The largest absolute Gasteiger partial charge is 0.422 e. The quantitative estimate of drug-likeness (QED) is 0.362. The Bertz CT molecular complexity index is 1310. The zero-order valence-corrected chi connectivity index (χ0v) is 18.1. The molecule has 0 N–H and O–H groups in total. The minimum Gasteiger partial charge on any atom is -0.359 e. The van der Waals surface area contributed by atoms with Crippen molar-refractivity contribution in [2.24, 2.45) is 0 Å². The Balaban J connectivity index is 1.64. The number of aromatic nitrogens is 1. The molecule has 0 radical (unpaired) electrons. The summed E-state index contributed by atoms with van der Waals surface area (Å²) >= 11 is 0. The van der Waals surface area contributed by atoms with E-state index < -0.39 is 0 Å². The molecule has 0 saturated heterocycles. The molecule has 0 unspecified atom stereocenters. The first-order valence-electron chi connectivity index (χ1n) is 10.9. The second-order valence-electron chi connectivity index (χ2n) is 9.36. The lowest BCUT2D eigenvalue weighted by atomic mass is 9.59. The summed E-state index contributed by atoms with van der Waals surface area (Å²) in [6.07, 6.45) is 1.95. The summed E-state index contributed by atoms with van der Waals surface area (Å²) in [5.74, 6) is 0.988. The van der Waals surface area contributed by atoms with Crippen molar-refractivity contribution in [2.75, 3.05) is 9.62 Å². The van der Waals surface area contributed by atoms with Gasteiger partial charge in [0.15, 0.2) is 0 Å². The van der Waals surface area contributed by atoms with E-state index in [4.69, 9.17) is 4.98 Å². The molecule has 0 fully saturated rings. The Morgan fingerprint density at radius 3 is 2.03 bits per heavy atom. The molecule has 2 aliphatic rings. The molecule has 0 aliphatic carbocycles. The van der Waals surface area contributed by atoms with Crippen LogP contribution in [0.3, 0.4) is 0 Å². The summed E-state index contributed by atoms with van der Waals surface area (Å²) in [6.45, 7) is 6.79. The van der Waals surface area contributed by atoms with Crippen molar-refractivity contribution < 1.29 is 0 Å². The highest BCUT2D eigenvalue weighted by molar-refractivity contribution is 6.86. The molecule has 3 aromatic carbocycles. The van der Waals surface area contributed by atoms with E-state index in [1.165, 1.54) is 39.2 Å². The molecule has 0 spiro atoms. The molecule has 0 atom stereocenters. The summed E-state index contributed by atoms with van der Waals surface area (Å²) in [7, 11) is 0. The van der Waals surface area contributed by atoms with Crippen molar-refractivity contribution in [2.45, 2.75) is 26.2 Å². The molecule has 150 valence electrons. The molecule has 0 saturated carbocycles. The highest BCUT2D eigenvalue weighted by Gasteiger charge is 2.48. The topological polar surface area (TPSA) is 19.4 Å². The normalized spacial score (nSPS) is 14.1. The fourth-order valence-electron chi connectivity index (χ4n) is 4.93. The zero-order valence-electron chi connectivity index (χ0n) is 18.1. The maximum atomic E-state index is 4.85. The van der Waals surface area contributed by atoms with Crippen molar-refractivity contribution in [1.82, 2.24) is 4.98 Å². The highest BCUT2D eigenvalue weighted by atomic mass is 15.3. The molecule has 4 aromatic rings. The van der Waals surface area contributed by atoms with Gasteiger partial charge in [-0.05, 0) is 52.3 Å². The molecule has 4 heteroatoms. The third-order valence-corrected chi connectivity index (χ3v) is 6.44. The van der Waals surface area contributed by atoms with Gasteiger partial charge >= 0.3 is 6.98 Å². The Labute approximate surface area is 184 Å². The van der Waals surface area contributed by atoms with Gasteiger partial charge < -0.3 is 9.62 Å². The predicted octanol–water partition coefficient (Wildman–Crippen LogP) is 6.04. The van der Waals surface area contributed by atoms with Gasteiger partial charge in [0.1, 0.15) is 5.82 Å². The van der Waals surface area contributed by atoms with E-state index in [1.807, 2.05) is 6.20 Å². The van der Waals surface area contributed by atoms with Crippen molar-refractivity contribution in [3.05, 3.63) is 96.7 Å². The van der Waals surface area contributed by atoms with E-state index >= 15 is 0 Å². The van der Waals surface area contributed by atoms with E-state index in [1.54, 1.807) is 0 Å². The van der Waals surface area contributed by atoms with E-state index in [0.717, 1.165) is 5.82 Å². The van der Waals surface area contributed by atoms with Crippen LogP contribution < -0.4 is 15.1 Å². The molecule has 0 amide bonds. The van der Waals surface area contributed by atoms with Gasteiger partial charge in [-0.1, -0.05) is 75.4 Å². The van der Waals surface area contributed by atoms with Crippen molar-refractivity contribution in [3.63, 3.8) is 0 Å². The van der Waals surface area contributed by atoms with Crippen molar-refractivity contribution in [1.29, 1.82) is 0 Å². The summed E-state index contributed by atoms with van der Waals surface area (Å²) in [5, 5.41) is 0. The van der Waals surface area contributed by atoms with Crippen LogP contribution in [0.5, 0.6) is 0 Å². The number of hydrogen-bond donors (Lipinski definition) is 0. The number of rotatable bonds is 1. The van der Waals surface area contributed by atoms with E-state index in [9.17, 15) is 0 Å². The molecule has 1 aromatic heterocycles. The van der Waals surface area contributed by atoms with Crippen LogP contribution in [0, 0.1) is 0 Å². The summed E-state index contributed by atoms with van der Waals surface area (Å²) in [4.78, 5) is 9.73. The lowest BCUT2D eigenvalue weighted by Gasteiger charge is -2.36. The Hall–Kier alpha value is -3.53. The lowest BCUT2D eigenvalue weighted by molar-refractivity contribution is 0.589. The third kappa shape index (κ3) is 2.64. The van der Waals surface area contributed by atoms with Crippen LogP contribution in [0.1, 0.15) is 26.3 Å². The van der Waals surface area contributed by atoms with Gasteiger partial charge in [0.25, 0.3) is 0 Å². The first-order valence-corrected chi connectivity index (χ1v) is 10.9. The van der Waals surface area contributed by atoms with Crippen LogP contribution in [0.15, 0.2) is 91.1 Å². The standard InChI is InChI=1S/C27H24BN3/c1-27(2,3)19-16-17-29-26(18-19)31-25-15-9-8-14-24(25)30-23-13-7-5-11-21(23)20-10-4-6-12-22(20)28(30)31/h4-18H,1-3H3. The Morgan fingerprint density at radius 2 is 1.29 bits per heavy atom. The van der Waals surface area contributed by atoms with Crippen LogP contribution >= 0.6 is 0 Å². The average Bonchev–Trinajstić information content (AvgIpc) is 3.14. The second-order valence-corrected chi connectivity index (χ2v) is 9.36. The summed E-state index contributed by atoms with van der Waals surface area (Å²) < 4.78 is 0. The SMILES string of the molecule is CC(C)(C)c1ccnc(N2B3c4ccccc4-c4ccccc4N3c3ccccc32)c1. The zero-order chi connectivity index (χ0) is 21.2. The van der Waals surface area contributed by atoms with Crippen LogP contribution in [-0.2, 0) is 5.41 Å². The molecule has 31 heavy (non-hydrogen) atoms. The average molecular weight is 401 g/mol. The Kier molecular flexibility index (Phi) is 3.82. The first kappa shape index (κ1) is 18.3. The molecule has 0 bridgehead atoms. The van der Waals surface area contributed by atoms with Crippen molar-refractivity contribution in [3.8, 4) is 11.1 Å². The number of pyridine rings is 1. The minimum absolute atomic E-state index is 0.0335. The van der Waals surface area contributed by atoms with Crippen LogP contribution in [0.25, 0.3) is 11.1 Å². The Morgan fingerprint density at radius 1 is 0.677 bits per heavy atom. The van der Waals surface area contributed by atoms with Gasteiger partial charge in [-0.25, -0.2) is 4.98 Å². The maximum Gasteiger partial charge on any atom is 0.422 e. The lowest BCUT2D eigenvalue weighted by Crippen LogP contribution is -2.55. The van der Waals surface area contributed by atoms with Gasteiger partial charge in [-0.3, -0.25) is 0 Å². The minimum atomic E-state index is 0.0335. The fraction of sp³-hybridized carbons (Fsp3) is 0.148. The van der Waals surface area contributed by atoms with Crippen LogP contribution in [0.4, 0.5) is 22.9 Å². The third-order valence-electron chi connectivity index (χ3n) is 6.44. The smallest absolute Gasteiger partial charge is 0.359 e. The monoisotopic (exact) mass is 401 g/mol. The van der Waals surface area contributed by atoms with Crippen LogP contribution in [-0.4, -0.2) is 12.0 Å². The number of fused-ring (bicyclic) bond motifs is 8. The van der Waals surface area contributed by atoms with Gasteiger partial charge in [0.2, 0.25) is 0 Å². The van der Waals surface area contributed by atoms with Crippen molar-refractivity contribution >= 4 is 35.3 Å². The number of nitrogens with zero attached hydrogens (tertiary/aromatic N) is 3. The first-order chi connectivity index (χ1) is 15.0. The number of hydrogen-bond acceptors (Lipinski definition) is 3. The summed E-state index contributed by atoms with van der Waals surface area (Å²) in [5.41, 5.74) is 8.89. The maximum absolute atomic E-state index is 4.85. The molecular weight excluding hydrogens is 377 g/mol. The van der Waals surface area contributed by atoms with Gasteiger partial charge in [-0.2, -0.15) is 0 Å². The van der Waals surface area contributed by atoms with E-state index in [2.05, 4.69) is 115 Å². The molecule has 3 heterocycles. The number of benzene rings is 3.